The van der Waals surface area contributed by atoms with Crippen molar-refractivity contribution in [1.82, 2.24) is 15.3 Å². The average Bonchev–Trinajstić information content (AvgIpc) is 3.11. The number of fused-ring (bicyclic) bond motifs is 1. The van der Waals surface area contributed by atoms with Gasteiger partial charge in [-0.05, 0) is 31.2 Å². The van der Waals surface area contributed by atoms with Crippen LogP contribution in [0.3, 0.4) is 0 Å². The number of anilines is 1. The van der Waals surface area contributed by atoms with Crippen molar-refractivity contribution < 1.29 is 14.3 Å². The summed E-state index contributed by atoms with van der Waals surface area (Å²) in [6.07, 6.45) is 5.23. The lowest BCUT2D eigenvalue weighted by atomic mass is 10.1. The van der Waals surface area contributed by atoms with Crippen LogP contribution < -0.4 is 20.5 Å². The Kier molecular flexibility index (Phi) is 5.18. The number of ether oxygens (including phenoxy) is 2. The molecule has 27 heavy (non-hydrogen) atoms. The number of benzene rings is 2. The van der Waals surface area contributed by atoms with Crippen molar-refractivity contribution in [2.45, 2.75) is 6.92 Å². The Morgan fingerprint density at radius 2 is 2.15 bits per heavy atom. The van der Waals surface area contributed by atoms with Crippen molar-refractivity contribution >= 4 is 22.6 Å². The third-order valence-electron chi connectivity index (χ3n) is 4.00. The van der Waals surface area contributed by atoms with Gasteiger partial charge in [-0.2, -0.15) is 0 Å². The third-order valence-corrected chi connectivity index (χ3v) is 4.00. The number of hydrogen-bond acceptors (Lipinski definition) is 5. The Morgan fingerprint density at radius 3 is 2.85 bits per heavy atom. The summed E-state index contributed by atoms with van der Waals surface area (Å²) in [6, 6.07) is 8.84. The maximum Gasteiger partial charge on any atom is 0.253 e. The van der Waals surface area contributed by atoms with Crippen LogP contribution in [0.2, 0.25) is 0 Å². The second-order valence-electron chi connectivity index (χ2n) is 5.67. The summed E-state index contributed by atoms with van der Waals surface area (Å²) in [6.45, 7) is 2.55. The smallest absolute Gasteiger partial charge is 0.253 e. The molecule has 1 amide bonds. The molecule has 4 N–H and O–H groups in total. The lowest BCUT2D eigenvalue weighted by Crippen LogP contribution is -2.19. The largest absolute Gasteiger partial charge is 0.493 e. The molecule has 0 radical (unpaired) electrons. The molecule has 7 heteroatoms. The second kappa shape index (κ2) is 7.70. The van der Waals surface area contributed by atoms with E-state index in [0.717, 1.165) is 11.1 Å². The minimum Gasteiger partial charge on any atom is -0.493 e. The van der Waals surface area contributed by atoms with Crippen LogP contribution in [0.4, 0.5) is 5.69 Å². The predicted octanol–water partition coefficient (Wildman–Crippen LogP) is 2.58. The van der Waals surface area contributed by atoms with E-state index in [9.17, 15) is 4.79 Å². The van der Waals surface area contributed by atoms with Gasteiger partial charge in [0, 0.05) is 13.1 Å². The Balaban J connectivity index is 2.07. The number of terminal acetylenes is 1. The van der Waals surface area contributed by atoms with Crippen LogP contribution >= 0.6 is 0 Å². The summed E-state index contributed by atoms with van der Waals surface area (Å²) in [5.74, 6) is 3.97. The molecule has 0 saturated heterocycles. The zero-order valence-corrected chi connectivity index (χ0v) is 15.1. The lowest BCUT2D eigenvalue weighted by Gasteiger charge is -2.10. The molecule has 0 bridgehead atoms. The van der Waals surface area contributed by atoms with Crippen LogP contribution in [-0.2, 0) is 0 Å². The van der Waals surface area contributed by atoms with Crippen molar-refractivity contribution in [3.8, 4) is 35.2 Å². The molecule has 1 heterocycles. The minimum atomic E-state index is -0.260. The Hall–Kier alpha value is -3.66. The summed E-state index contributed by atoms with van der Waals surface area (Å²) >= 11 is 0. The number of imidazole rings is 1. The maximum atomic E-state index is 11.9. The van der Waals surface area contributed by atoms with Gasteiger partial charge in [0.25, 0.3) is 5.91 Å². The molecule has 2 aromatic carbocycles. The average molecular weight is 364 g/mol. The van der Waals surface area contributed by atoms with Gasteiger partial charge >= 0.3 is 0 Å². The van der Waals surface area contributed by atoms with Gasteiger partial charge in [-0.15, -0.1) is 6.42 Å². The highest BCUT2D eigenvalue weighted by Crippen LogP contribution is 2.34. The van der Waals surface area contributed by atoms with Gasteiger partial charge < -0.3 is 25.5 Å². The van der Waals surface area contributed by atoms with Crippen LogP contribution in [0.15, 0.2) is 30.3 Å². The Labute approximate surface area is 156 Å². The van der Waals surface area contributed by atoms with Crippen LogP contribution in [0, 0.1) is 12.3 Å². The fraction of sp³-hybridized carbons (Fsp3) is 0.200. The molecule has 7 nitrogen and oxygen atoms in total. The first-order chi connectivity index (χ1) is 13.1. The SMILES string of the molecule is C#CCOc1ccc(-c2nc3c(N)c(C(=O)NC)ccc3[nH]2)c(OCC)c1. The number of aromatic amines is 1. The van der Waals surface area contributed by atoms with E-state index in [1.54, 1.807) is 31.3 Å². The van der Waals surface area contributed by atoms with Gasteiger partial charge in [-0.3, -0.25) is 4.79 Å². The standard InChI is InChI=1S/C20H20N4O3/c1-4-10-27-12-6-7-13(16(11-12)26-5-2)19-23-15-9-8-14(20(25)22-3)17(21)18(15)24-19/h1,6-9,11H,5,10,21H2,2-3H3,(H,22,25)(H,23,24). The first kappa shape index (κ1) is 18.1. The minimum absolute atomic E-state index is 0.175. The predicted molar refractivity (Wildman–Crippen MR) is 105 cm³/mol. The van der Waals surface area contributed by atoms with Crippen molar-refractivity contribution in [2.24, 2.45) is 0 Å². The van der Waals surface area contributed by atoms with Crippen LogP contribution in [0.1, 0.15) is 17.3 Å². The van der Waals surface area contributed by atoms with E-state index in [0.29, 0.717) is 40.7 Å². The first-order valence-corrected chi connectivity index (χ1v) is 8.42. The number of nitrogen functional groups attached to an aromatic ring is 1. The van der Waals surface area contributed by atoms with E-state index in [1.807, 2.05) is 13.0 Å². The van der Waals surface area contributed by atoms with Gasteiger partial charge in [-0.1, -0.05) is 5.92 Å². The molecule has 0 saturated carbocycles. The normalized spacial score (nSPS) is 10.4. The summed E-state index contributed by atoms with van der Waals surface area (Å²) in [5, 5.41) is 2.57. The molecule has 138 valence electrons. The summed E-state index contributed by atoms with van der Waals surface area (Å²) in [5.41, 5.74) is 8.86. The number of nitrogens with zero attached hydrogens (tertiary/aromatic N) is 1. The number of carbonyl (C=O) groups is 1. The Bertz CT molecular complexity index is 1030. The molecule has 0 aliphatic rings. The highest BCUT2D eigenvalue weighted by molar-refractivity contribution is 6.06. The molecular formula is C20H20N4O3. The highest BCUT2D eigenvalue weighted by Gasteiger charge is 2.17. The molecule has 3 aromatic rings. The van der Waals surface area contributed by atoms with Crippen LogP contribution in [0.5, 0.6) is 11.5 Å². The quantitative estimate of drug-likeness (QED) is 0.461. The number of hydrogen-bond donors (Lipinski definition) is 3. The third kappa shape index (κ3) is 3.51. The fourth-order valence-electron chi connectivity index (χ4n) is 2.74. The number of aromatic nitrogens is 2. The van der Waals surface area contributed by atoms with Crippen LogP contribution in [0.25, 0.3) is 22.4 Å². The van der Waals surface area contributed by atoms with Gasteiger partial charge in [0.1, 0.15) is 29.4 Å². The Morgan fingerprint density at radius 1 is 1.33 bits per heavy atom. The zero-order valence-electron chi connectivity index (χ0n) is 15.1. The monoisotopic (exact) mass is 364 g/mol. The second-order valence-corrected chi connectivity index (χ2v) is 5.67. The summed E-state index contributed by atoms with van der Waals surface area (Å²) < 4.78 is 11.2. The number of H-pyrrole nitrogens is 1. The first-order valence-electron chi connectivity index (χ1n) is 8.42. The van der Waals surface area contributed by atoms with Gasteiger partial charge in [-0.25, -0.2) is 4.98 Å². The van der Waals surface area contributed by atoms with E-state index in [4.69, 9.17) is 21.6 Å². The molecule has 0 fully saturated rings. The van der Waals surface area contributed by atoms with E-state index >= 15 is 0 Å². The van der Waals surface area contributed by atoms with Gasteiger partial charge in [0.15, 0.2) is 0 Å². The number of rotatable bonds is 6. The van der Waals surface area contributed by atoms with E-state index in [-0.39, 0.29) is 12.5 Å². The van der Waals surface area contributed by atoms with Crippen molar-refractivity contribution in [2.75, 3.05) is 26.0 Å². The molecule has 0 aliphatic carbocycles. The van der Waals surface area contributed by atoms with E-state index in [2.05, 4.69) is 21.2 Å². The molecule has 0 aliphatic heterocycles. The summed E-state index contributed by atoms with van der Waals surface area (Å²) in [7, 11) is 1.56. The fourth-order valence-corrected chi connectivity index (χ4v) is 2.74. The lowest BCUT2D eigenvalue weighted by molar-refractivity contribution is 0.0964. The van der Waals surface area contributed by atoms with Crippen molar-refractivity contribution in [3.63, 3.8) is 0 Å². The molecule has 0 unspecified atom stereocenters. The van der Waals surface area contributed by atoms with E-state index in [1.165, 1.54) is 0 Å². The molecule has 0 atom stereocenters. The maximum absolute atomic E-state index is 11.9. The number of carbonyl (C=O) groups excluding carboxylic acids is 1. The van der Waals surface area contributed by atoms with Crippen molar-refractivity contribution in [3.05, 3.63) is 35.9 Å². The zero-order chi connectivity index (χ0) is 19.4. The molecule has 0 spiro atoms. The van der Waals surface area contributed by atoms with Crippen LogP contribution in [-0.4, -0.2) is 36.1 Å². The molecule has 1 aromatic heterocycles. The number of nitrogens with one attached hydrogen (secondary N) is 2. The van der Waals surface area contributed by atoms with Gasteiger partial charge in [0.2, 0.25) is 0 Å². The topological polar surface area (TPSA) is 102 Å². The highest BCUT2D eigenvalue weighted by atomic mass is 16.5. The van der Waals surface area contributed by atoms with Gasteiger partial charge in [0.05, 0.1) is 28.9 Å². The molecular weight excluding hydrogens is 344 g/mol. The number of nitrogens with two attached hydrogens (primary N) is 1. The summed E-state index contributed by atoms with van der Waals surface area (Å²) in [4.78, 5) is 19.7. The number of amides is 1. The van der Waals surface area contributed by atoms with Crippen molar-refractivity contribution in [1.29, 1.82) is 0 Å². The van der Waals surface area contributed by atoms with E-state index < -0.39 is 0 Å². The molecule has 3 rings (SSSR count).